The zero-order valence-corrected chi connectivity index (χ0v) is 16.3. The SMILES string of the molecule is O=C(NCCNc1cc(N2CCCC2)ncn1)c1ccc(-c2ccccc2)cc1. The van der Waals surface area contributed by atoms with E-state index < -0.39 is 0 Å². The second-order valence-corrected chi connectivity index (χ2v) is 7.08. The number of nitrogens with one attached hydrogen (secondary N) is 2. The highest BCUT2D eigenvalue weighted by Gasteiger charge is 2.14. The molecule has 1 amide bonds. The number of benzene rings is 2. The summed E-state index contributed by atoms with van der Waals surface area (Å²) in [5.41, 5.74) is 2.89. The van der Waals surface area contributed by atoms with Gasteiger partial charge in [0, 0.05) is 37.8 Å². The molecule has 1 saturated heterocycles. The van der Waals surface area contributed by atoms with E-state index in [0.29, 0.717) is 18.7 Å². The molecular weight excluding hydrogens is 362 g/mol. The zero-order chi connectivity index (χ0) is 19.9. The number of amides is 1. The lowest BCUT2D eigenvalue weighted by atomic mass is 10.0. The van der Waals surface area contributed by atoms with E-state index in [-0.39, 0.29) is 5.91 Å². The average Bonchev–Trinajstić information content (AvgIpc) is 3.33. The molecule has 1 fully saturated rings. The Morgan fingerprint density at radius 3 is 2.38 bits per heavy atom. The minimum atomic E-state index is -0.0770. The summed E-state index contributed by atoms with van der Waals surface area (Å²) in [4.78, 5) is 23.2. The molecule has 0 unspecified atom stereocenters. The Kier molecular flexibility index (Phi) is 6.00. The third-order valence-corrected chi connectivity index (χ3v) is 5.05. The van der Waals surface area contributed by atoms with Crippen LogP contribution >= 0.6 is 0 Å². The second kappa shape index (κ2) is 9.19. The van der Waals surface area contributed by atoms with E-state index in [4.69, 9.17) is 0 Å². The standard InChI is InChI=1S/C23H25N5O/c29-23(20-10-8-19(9-11-20)18-6-2-1-3-7-18)25-13-12-24-21-16-22(27-17-26-21)28-14-4-5-15-28/h1-3,6-11,16-17H,4-5,12-15H2,(H,25,29)(H,24,26,27). The van der Waals surface area contributed by atoms with E-state index >= 15 is 0 Å². The predicted octanol–water partition coefficient (Wildman–Crippen LogP) is 3.59. The van der Waals surface area contributed by atoms with E-state index in [1.807, 2.05) is 48.5 Å². The summed E-state index contributed by atoms with van der Waals surface area (Å²) in [7, 11) is 0. The topological polar surface area (TPSA) is 70.2 Å². The fourth-order valence-corrected chi connectivity index (χ4v) is 3.48. The summed E-state index contributed by atoms with van der Waals surface area (Å²) in [5, 5.41) is 6.20. The first kappa shape index (κ1) is 18.9. The zero-order valence-electron chi connectivity index (χ0n) is 16.3. The van der Waals surface area contributed by atoms with Crippen LogP contribution in [0.4, 0.5) is 11.6 Å². The molecule has 3 aromatic rings. The van der Waals surface area contributed by atoms with Crippen LogP contribution in [0, 0.1) is 0 Å². The molecule has 2 N–H and O–H groups in total. The van der Waals surface area contributed by atoms with Gasteiger partial charge in [-0.1, -0.05) is 42.5 Å². The van der Waals surface area contributed by atoms with Crippen LogP contribution in [0.1, 0.15) is 23.2 Å². The van der Waals surface area contributed by atoms with Crippen LogP contribution in [0.15, 0.2) is 67.0 Å². The smallest absolute Gasteiger partial charge is 0.251 e. The van der Waals surface area contributed by atoms with Crippen molar-refractivity contribution in [2.75, 3.05) is 36.4 Å². The maximum Gasteiger partial charge on any atom is 0.251 e. The first-order valence-electron chi connectivity index (χ1n) is 10.0. The molecular formula is C23H25N5O. The van der Waals surface area contributed by atoms with Crippen molar-refractivity contribution in [2.45, 2.75) is 12.8 Å². The second-order valence-electron chi connectivity index (χ2n) is 7.08. The van der Waals surface area contributed by atoms with Crippen molar-refractivity contribution in [3.63, 3.8) is 0 Å². The summed E-state index contributed by atoms with van der Waals surface area (Å²) < 4.78 is 0. The Balaban J connectivity index is 1.25. The maximum atomic E-state index is 12.4. The molecule has 1 aromatic heterocycles. The molecule has 0 spiro atoms. The molecule has 0 atom stereocenters. The van der Waals surface area contributed by atoms with Gasteiger partial charge >= 0.3 is 0 Å². The van der Waals surface area contributed by atoms with Gasteiger partial charge in [-0.25, -0.2) is 9.97 Å². The molecule has 0 bridgehead atoms. The van der Waals surface area contributed by atoms with Gasteiger partial charge in [0.2, 0.25) is 0 Å². The fraction of sp³-hybridized carbons (Fsp3) is 0.261. The molecule has 1 aliphatic rings. The first-order valence-corrected chi connectivity index (χ1v) is 10.0. The summed E-state index contributed by atoms with van der Waals surface area (Å²) >= 11 is 0. The highest BCUT2D eigenvalue weighted by molar-refractivity contribution is 5.94. The number of anilines is 2. The van der Waals surface area contributed by atoms with Gasteiger partial charge < -0.3 is 15.5 Å². The molecule has 148 valence electrons. The van der Waals surface area contributed by atoms with Crippen molar-refractivity contribution >= 4 is 17.5 Å². The molecule has 0 radical (unpaired) electrons. The van der Waals surface area contributed by atoms with Crippen molar-refractivity contribution in [2.24, 2.45) is 0 Å². The van der Waals surface area contributed by atoms with E-state index in [0.717, 1.165) is 35.9 Å². The minimum Gasteiger partial charge on any atom is -0.368 e. The number of carbonyl (C=O) groups is 1. The summed E-state index contributed by atoms with van der Waals surface area (Å²) in [6.45, 7) is 3.22. The highest BCUT2D eigenvalue weighted by Crippen LogP contribution is 2.20. The van der Waals surface area contributed by atoms with Crippen molar-refractivity contribution in [1.29, 1.82) is 0 Å². The van der Waals surface area contributed by atoms with Gasteiger partial charge in [0.15, 0.2) is 0 Å². The van der Waals surface area contributed by atoms with Crippen molar-refractivity contribution in [3.05, 3.63) is 72.6 Å². The fourth-order valence-electron chi connectivity index (χ4n) is 3.48. The van der Waals surface area contributed by atoms with E-state index in [1.165, 1.54) is 12.8 Å². The lowest BCUT2D eigenvalue weighted by Gasteiger charge is -2.16. The molecule has 6 nitrogen and oxygen atoms in total. The van der Waals surface area contributed by atoms with Gasteiger partial charge in [-0.2, -0.15) is 0 Å². The Morgan fingerprint density at radius 1 is 0.897 bits per heavy atom. The Bertz CT molecular complexity index is 937. The minimum absolute atomic E-state index is 0.0770. The number of hydrogen-bond donors (Lipinski definition) is 2. The Morgan fingerprint density at radius 2 is 1.62 bits per heavy atom. The molecule has 1 aliphatic heterocycles. The van der Waals surface area contributed by atoms with Gasteiger partial charge in [-0.05, 0) is 36.1 Å². The third kappa shape index (κ3) is 4.90. The third-order valence-electron chi connectivity index (χ3n) is 5.05. The lowest BCUT2D eigenvalue weighted by Crippen LogP contribution is -2.29. The van der Waals surface area contributed by atoms with Crippen LogP contribution in [0.5, 0.6) is 0 Å². The lowest BCUT2D eigenvalue weighted by molar-refractivity contribution is 0.0955. The molecule has 2 aromatic carbocycles. The normalized spacial score (nSPS) is 13.3. The van der Waals surface area contributed by atoms with Gasteiger partial charge in [-0.3, -0.25) is 4.79 Å². The maximum absolute atomic E-state index is 12.4. The van der Waals surface area contributed by atoms with Crippen LogP contribution in [-0.4, -0.2) is 42.1 Å². The average molecular weight is 387 g/mol. The quantitative estimate of drug-likeness (QED) is 0.607. The number of carbonyl (C=O) groups excluding carboxylic acids is 1. The van der Waals surface area contributed by atoms with Gasteiger partial charge in [0.1, 0.15) is 18.0 Å². The summed E-state index contributed by atoms with van der Waals surface area (Å²) in [6, 6.07) is 19.8. The number of nitrogens with zero attached hydrogens (tertiary/aromatic N) is 3. The van der Waals surface area contributed by atoms with Crippen molar-refractivity contribution in [1.82, 2.24) is 15.3 Å². The number of hydrogen-bond acceptors (Lipinski definition) is 5. The number of rotatable bonds is 7. The van der Waals surface area contributed by atoms with E-state index in [1.54, 1.807) is 6.33 Å². The van der Waals surface area contributed by atoms with Gasteiger partial charge in [0.05, 0.1) is 0 Å². The van der Waals surface area contributed by atoms with E-state index in [9.17, 15) is 4.79 Å². The van der Waals surface area contributed by atoms with Crippen LogP contribution in [0.2, 0.25) is 0 Å². The molecule has 4 rings (SSSR count). The van der Waals surface area contributed by atoms with Crippen LogP contribution in [0.25, 0.3) is 11.1 Å². The van der Waals surface area contributed by atoms with Crippen LogP contribution in [-0.2, 0) is 0 Å². The largest absolute Gasteiger partial charge is 0.368 e. The van der Waals surface area contributed by atoms with Crippen molar-refractivity contribution in [3.8, 4) is 11.1 Å². The monoisotopic (exact) mass is 387 g/mol. The highest BCUT2D eigenvalue weighted by atomic mass is 16.1. The molecule has 6 heteroatoms. The Labute approximate surface area is 171 Å². The summed E-state index contributed by atoms with van der Waals surface area (Å²) in [6.07, 6.45) is 4.01. The van der Waals surface area contributed by atoms with Gasteiger partial charge in [0.25, 0.3) is 5.91 Å². The number of aromatic nitrogens is 2. The summed E-state index contributed by atoms with van der Waals surface area (Å²) in [5.74, 6) is 1.66. The molecule has 2 heterocycles. The predicted molar refractivity (Wildman–Crippen MR) is 116 cm³/mol. The Hall–Kier alpha value is -3.41. The van der Waals surface area contributed by atoms with Crippen LogP contribution in [0.3, 0.4) is 0 Å². The van der Waals surface area contributed by atoms with E-state index in [2.05, 4.69) is 37.6 Å². The first-order chi connectivity index (χ1) is 14.3. The van der Waals surface area contributed by atoms with Gasteiger partial charge in [-0.15, -0.1) is 0 Å². The molecule has 0 saturated carbocycles. The van der Waals surface area contributed by atoms with Crippen molar-refractivity contribution < 1.29 is 4.79 Å². The van der Waals surface area contributed by atoms with Crippen LogP contribution < -0.4 is 15.5 Å². The molecule has 29 heavy (non-hydrogen) atoms. The molecule has 0 aliphatic carbocycles.